The van der Waals surface area contributed by atoms with E-state index < -0.39 is 5.97 Å². The van der Waals surface area contributed by atoms with E-state index in [0.29, 0.717) is 22.0 Å². The average Bonchev–Trinajstić information content (AvgIpc) is 2.70. The van der Waals surface area contributed by atoms with Crippen LogP contribution in [-0.2, 0) is 0 Å². The van der Waals surface area contributed by atoms with Gasteiger partial charge in [0.05, 0.1) is 11.8 Å². The zero-order valence-electron chi connectivity index (χ0n) is 15.6. The van der Waals surface area contributed by atoms with Crippen LogP contribution >= 0.6 is 28.1 Å². The van der Waals surface area contributed by atoms with Gasteiger partial charge < -0.3 is 10.1 Å². The number of hydrogen-bond acceptors (Lipinski definition) is 4. The summed E-state index contributed by atoms with van der Waals surface area (Å²) < 4.78 is 6.40. The Balaban J connectivity index is 1.69. The molecule has 0 saturated carbocycles. The van der Waals surface area contributed by atoms with Gasteiger partial charge in [0, 0.05) is 15.7 Å². The molecule has 3 aromatic carbocycles. The topological polar surface area (TPSA) is 62.7 Å². The largest absolute Gasteiger partial charge is 0.422 e. The van der Waals surface area contributed by atoms with E-state index in [-0.39, 0.29) is 0 Å². The molecule has 0 aromatic heterocycles. The highest BCUT2D eigenvalue weighted by molar-refractivity contribution is 9.10. The summed E-state index contributed by atoms with van der Waals surface area (Å²) in [6, 6.07) is 22.1. The minimum Gasteiger partial charge on any atom is -0.422 e. The number of benzene rings is 3. The van der Waals surface area contributed by atoms with E-state index in [9.17, 15) is 4.79 Å². The highest BCUT2D eigenvalue weighted by Gasteiger charge is 2.11. The second kappa shape index (κ2) is 9.95. The Labute approximate surface area is 182 Å². The van der Waals surface area contributed by atoms with Gasteiger partial charge in [-0.2, -0.15) is 5.10 Å². The van der Waals surface area contributed by atoms with Crippen molar-refractivity contribution in [3.05, 3.63) is 94.0 Å². The smallest absolute Gasteiger partial charge is 0.343 e. The molecule has 3 rings (SSSR count). The van der Waals surface area contributed by atoms with Crippen molar-refractivity contribution in [3.63, 3.8) is 0 Å². The standard InChI is InChI=1S/C22H18BrN3O2S/c1-15-6-5-7-16(12-15)21(27)28-20-11-10-18(23)13-17(20)14-24-26-22(29)25-19-8-3-2-4-9-19/h2-14H,1H3,(H2,25,26,29). The minimum absolute atomic E-state index is 0.348. The maximum Gasteiger partial charge on any atom is 0.343 e. The van der Waals surface area contributed by atoms with E-state index in [1.54, 1.807) is 36.5 Å². The normalized spacial score (nSPS) is 10.6. The van der Waals surface area contributed by atoms with E-state index in [1.165, 1.54) is 0 Å². The van der Waals surface area contributed by atoms with Crippen LogP contribution in [0.5, 0.6) is 5.75 Å². The van der Waals surface area contributed by atoms with Gasteiger partial charge in [-0.3, -0.25) is 5.43 Å². The highest BCUT2D eigenvalue weighted by atomic mass is 79.9. The maximum absolute atomic E-state index is 12.5. The predicted octanol–water partition coefficient (Wildman–Crippen LogP) is 5.30. The number of carbonyl (C=O) groups excluding carboxylic acids is 1. The van der Waals surface area contributed by atoms with Crippen molar-refractivity contribution in [2.24, 2.45) is 5.10 Å². The lowest BCUT2D eigenvalue weighted by atomic mass is 10.1. The first-order valence-corrected chi connectivity index (χ1v) is 9.95. The number of hydrogen-bond donors (Lipinski definition) is 2. The van der Waals surface area contributed by atoms with Crippen molar-refractivity contribution in [2.75, 3.05) is 5.32 Å². The van der Waals surface area contributed by atoms with Crippen molar-refractivity contribution < 1.29 is 9.53 Å². The van der Waals surface area contributed by atoms with E-state index in [4.69, 9.17) is 17.0 Å². The van der Waals surface area contributed by atoms with Crippen molar-refractivity contribution in [1.29, 1.82) is 0 Å². The molecule has 29 heavy (non-hydrogen) atoms. The Bertz CT molecular complexity index is 1050. The molecule has 0 heterocycles. The molecule has 0 unspecified atom stereocenters. The van der Waals surface area contributed by atoms with E-state index >= 15 is 0 Å². The third kappa shape index (κ3) is 6.23. The lowest BCUT2D eigenvalue weighted by Crippen LogP contribution is -2.23. The number of halogens is 1. The SMILES string of the molecule is Cc1cccc(C(=O)Oc2ccc(Br)cc2C=NNC(=S)Nc2ccccc2)c1. The predicted molar refractivity (Wildman–Crippen MR) is 124 cm³/mol. The summed E-state index contributed by atoms with van der Waals surface area (Å²) in [6.07, 6.45) is 1.54. The number of rotatable bonds is 5. The lowest BCUT2D eigenvalue weighted by molar-refractivity contribution is 0.0734. The number of ether oxygens (including phenoxy) is 1. The molecule has 0 saturated heterocycles. The third-order valence-electron chi connectivity index (χ3n) is 3.83. The zero-order chi connectivity index (χ0) is 20.6. The van der Waals surface area contributed by atoms with Crippen molar-refractivity contribution >= 4 is 51.1 Å². The van der Waals surface area contributed by atoms with Crippen molar-refractivity contribution in [1.82, 2.24) is 5.43 Å². The summed E-state index contributed by atoms with van der Waals surface area (Å²) in [5.74, 6) is -0.0351. The van der Waals surface area contributed by atoms with Gasteiger partial charge in [-0.15, -0.1) is 0 Å². The second-order valence-electron chi connectivity index (χ2n) is 6.13. The second-order valence-corrected chi connectivity index (χ2v) is 7.46. The summed E-state index contributed by atoms with van der Waals surface area (Å²) in [5.41, 5.74) is 5.71. The summed E-state index contributed by atoms with van der Waals surface area (Å²) in [7, 11) is 0. The first kappa shape index (κ1) is 20.7. The fourth-order valence-corrected chi connectivity index (χ4v) is 3.03. The van der Waals surface area contributed by atoms with Gasteiger partial charge in [-0.05, 0) is 61.6 Å². The first-order valence-electron chi connectivity index (χ1n) is 8.75. The number of nitrogens with zero attached hydrogens (tertiary/aromatic N) is 1. The molecule has 2 N–H and O–H groups in total. The molecule has 3 aromatic rings. The Morgan fingerprint density at radius 3 is 2.62 bits per heavy atom. The number of anilines is 1. The van der Waals surface area contributed by atoms with Crippen LogP contribution in [0.15, 0.2) is 82.4 Å². The first-order chi connectivity index (χ1) is 14.0. The molecule has 0 radical (unpaired) electrons. The minimum atomic E-state index is -0.431. The Hall–Kier alpha value is -3.03. The summed E-state index contributed by atoms with van der Waals surface area (Å²) in [6.45, 7) is 1.92. The molecule has 0 spiro atoms. The van der Waals surface area contributed by atoms with Gasteiger partial charge in [0.2, 0.25) is 0 Å². The van der Waals surface area contributed by atoms with Gasteiger partial charge in [0.25, 0.3) is 0 Å². The zero-order valence-corrected chi connectivity index (χ0v) is 18.0. The van der Waals surface area contributed by atoms with Crippen LogP contribution in [0.2, 0.25) is 0 Å². The van der Waals surface area contributed by atoms with Crippen LogP contribution < -0.4 is 15.5 Å². The summed E-state index contributed by atoms with van der Waals surface area (Å²) in [5, 5.41) is 7.52. The van der Waals surface area contributed by atoms with Crippen LogP contribution in [0.4, 0.5) is 5.69 Å². The molecular weight excluding hydrogens is 450 g/mol. The quantitative estimate of drug-likeness (QED) is 0.175. The number of nitrogens with one attached hydrogen (secondary N) is 2. The van der Waals surface area contributed by atoms with Gasteiger partial charge in [-0.1, -0.05) is 51.8 Å². The van der Waals surface area contributed by atoms with Crippen molar-refractivity contribution in [2.45, 2.75) is 6.92 Å². The molecule has 7 heteroatoms. The Kier molecular flexibility index (Phi) is 7.10. The molecule has 0 fully saturated rings. The van der Waals surface area contributed by atoms with Gasteiger partial charge >= 0.3 is 5.97 Å². The maximum atomic E-state index is 12.5. The molecule has 146 valence electrons. The summed E-state index contributed by atoms with van der Waals surface area (Å²) >= 11 is 8.65. The average molecular weight is 468 g/mol. The highest BCUT2D eigenvalue weighted by Crippen LogP contribution is 2.23. The lowest BCUT2D eigenvalue weighted by Gasteiger charge is -2.09. The molecule has 0 atom stereocenters. The number of para-hydroxylation sites is 1. The van der Waals surface area contributed by atoms with Gasteiger partial charge in [-0.25, -0.2) is 4.79 Å². The van der Waals surface area contributed by atoms with Gasteiger partial charge in [0.1, 0.15) is 5.75 Å². The van der Waals surface area contributed by atoms with Crippen LogP contribution in [0.25, 0.3) is 0 Å². The number of aryl methyl sites for hydroxylation is 1. The molecule has 0 bridgehead atoms. The number of thiocarbonyl (C=S) groups is 1. The van der Waals surface area contributed by atoms with Crippen LogP contribution in [0, 0.1) is 6.92 Å². The van der Waals surface area contributed by atoms with E-state index in [1.807, 2.05) is 49.4 Å². The number of hydrazone groups is 1. The van der Waals surface area contributed by atoms with Crippen molar-refractivity contribution in [3.8, 4) is 5.75 Å². The van der Waals surface area contributed by atoms with Gasteiger partial charge in [0.15, 0.2) is 5.11 Å². The monoisotopic (exact) mass is 467 g/mol. The van der Waals surface area contributed by atoms with Crippen LogP contribution in [0.1, 0.15) is 21.5 Å². The molecule has 0 aliphatic rings. The third-order valence-corrected chi connectivity index (χ3v) is 4.52. The number of carbonyl (C=O) groups is 1. The Morgan fingerprint density at radius 2 is 1.86 bits per heavy atom. The van der Waals surface area contributed by atoms with Crippen LogP contribution in [0.3, 0.4) is 0 Å². The molecule has 0 aliphatic heterocycles. The van der Waals surface area contributed by atoms with E-state index in [2.05, 4.69) is 31.8 Å². The van der Waals surface area contributed by atoms with E-state index in [0.717, 1.165) is 15.7 Å². The molecule has 5 nitrogen and oxygen atoms in total. The molecule has 0 aliphatic carbocycles. The van der Waals surface area contributed by atoms with Crippen LogP contribution in [-0.4, -0.2) is 17.3 Å². The fraction of sp³-hybridized carbons (Fsp3) is 0.0455. The number of esters is 1. The molecule has 0 amide bonds. The molecular formula is C22H18BrN3O2S. The fourth-order valence-electron chi connectivity index (χ4n) is 2.48. The summed E-state index contributed by atoms with van der Waals surface area (Å²) in [4.78, 5) is 12.5. The Morgan fingerprint density at radius 1 is 1.07 bits per heavy atom.